The fourth-order valence-electron chi connectivity index (χ4n) is 9.82. The minimum absolute atomic E-state index is 0.0724. The quantitative estimate of drug-likeness (QED) is 0.0343. The van der Waals surface area contributed by atoms with Gasteiger partial charge < -0.3 is 44.6 Å². The number of aliphatic hydroxyl groups excluding tert-OH is 1. The highest BCUT2D eigenvalue weighted by atomic mass is 16.6. The van der Waals surface area contributed by atoms with Gasteiger partial charge in [-0.2, -0.15) is 0 Å². The van der Waals surface area contributed by atoms with Gasteiger partial charge in [-0.15, -0.1) is 0 Å². The van der Waals surface area contributed by atoms with Crippen molar-refractivity contribution in [2.24, 2.45) is 10.9 Å². The average molecular weight is 1110 g/mol. The van der Waals surface area contributed by atoms with Gasteiger partial charge in [-0.1, -0.05) is 37.1 Å². The Morgan fingerprint density at radius 3 is 2.14 bits per heavy atom. The van der Waals surface area contributed by atoms with Gasteiger partial charge in [0.05, 0.1) is 61.3 Å². The normalized spacial score (nSPS) is 18.7. The lowest BCUT2D eigenvalue weighted by Gasteiger charge is -2.31. The fraction of sp³-hybridized carbons (Fsp3) is 0.414. The van der Waals surface area contributed by atoms with E-state index in [1.165, 1.54) is 31.1 Å². The summed E-state index contributed by atoms with van der Waals surface area (Å²) in [7, 11) is 1.44. The molecule has 5 N–H and O–H groups in total. The Bertz CT molecular complexity index is 3110. The van der Waals surface area contributed by atoms with Crippen molar-refractivity contribution in [3.63, 3.8) is 0 Å². The number of hydrogen-bond acceptors (Lipinski definition) is 17. The molecule has 428 valence electrons. The van der Waals surface area contributed by atoms with Crippen LogP contribution in [0.3, 0.4) is 0 Å². The number of carbonyl (C=O) groups excluding carboxylic acids is 9. The fourth-order valence-corrected chi connectivity index (χ4v) is 9.82. The van der Waals surface area contributed by atoms with Gasteiger partial charge in [0.1, 0.15) is 30.2 Å². The summed E-state index contributed by atoms with van der Waals surface area (Å²) in [5.74, 6) is -3.85. The summed E-state index contributed by atoms with van der Waals surface area (Å²) in [6.45, 7) is 10.9. The van der Waals surface area contributed by atoms with Crippen LogP contribution < -0.4 is 40.6 Å². The Morgan fingerprint density at radius 1 is 0.778 bits per heavy atom. The molecule has 0 aliphatic carbocycles. The Hall–Kier alpha value is -8.70. The number of nitrogens with zero attached hydrogens (tertiary/aromatic N) is 5. The molecule has 0 saturated heterocycles. The lowest BCUT2D eigenvalue weighted by atomic mass is 10.0. The molecule has 23 nitrogen and oxygen atoms in total. The van der Waals surface area contributed by atoms with Crippen LogP contribution in [0.25, 0.3) is 0 Å². The van der Waals surface area contributed by atoms with Gasteiger partial charge in [0.15, 0.2) is 17.7 Å². The first-order chi connectivity index (χ1) is 38.7. The molecule has 5 aliphatic heterocycles. The van der Waals surface area contributed by atoms with Crippen LogP contribution in [0.2, 0.25) is 0 Å². The highest BCUT2D eigenvalue weighted by molar-refractivity contribution is 6.13. The minimum atomic E-state index is -1.51. The van der Waals surface area contributed by atoms with Crippen molar-refractivity contribution in [1.82, 2.24) is 30.8 Å². The Labute approximate surface area is 468 Å². The second-order valence-corrected chi connectivity index (χ2v) is 20.9. The van der Waals surface area contributed by atoms with Crippen LogP contribution in [0.4, 0.5) is 21.9 Å². The van der Waals surface area contributed by atoms with Crippen LogP contribution in [0, 0.1) is 12.8 Å². The summed E-state index contributed by atoms with van der Waals surface area (Å²) < 4.78 is 23.8. The molecule has 0 aromatic heterocycles. The Kier molecular flexibility index (Phi) is 18.5. The standard InChI is InChI=1S/C58H67N9O14/c1-32(2)52(54(73)60-49(69)24-40(68)17-18-64-50(70)15-16-51(64)71)61-53(72)36(6)62-63-38-13-11-37(12-14-38)31-81-58(77)67-44-27-48(47(78-7)25-42(44)56(75)66-30-34(4)22-45(66)57(67)76)80-20-10-8-9-19-79-46-26-43-41(23-35(46)5)55(74)65-29-33(3)21-39(65)28-59-43/h11-16,23,25-30,32,36,39,45,52,57,62-63,76H,8-10,17-22,24,31H2,1-7H3,(H,61,72)(H,60,69,73)/t36?,39-,45-,52-,57-/m0/s1. The molecule has 8 amide bonds. The van der Waals surface area contributed by atoms with Gasteiger partial charge in [0.25, 0.3) is 23.6 Å². The van der Waals surface area contributed by atoms with E-state index in [0.29, 0.717) is 54.1 Å². The number of Topliss-reactive ketones (excluding diaryl/α,β-unsaturated/α-hetero) is 1. The van der Waals surface area contributed by atoms with Crippen molar-refractivity contribution in [1.29, 1.82) is 0 Å². The number of hydrogen-bond donors (Lipinski definition) is 5. The predicted octanol–water partition coefficient (Wildman–Crippen LogP) is 5.42. The van der Waals surface area contributed by atoms with Crippen LogP contribution >= 0.6 is 0 Å². The van der Waals surface area contributed by atoms with Crippen molar-refractivity contribution in [2.75, 3.05) is 37.2 Å². The number of aryl methyl sites for hydroxylation is 1. The summed E-state index contributed by atoms with van der Waals surface area (Å²) in [6, 6.07) is 10.4. The van der Waals surface area contributed by atoms with Gasteiger partial charge in [0, 0.05) is 61.6 Å². The Balaban J connectivity index is 0.822. The van der Waals surface area contributed by atoms with Crippen molar-refractivity contribution in [2.45, 2.75) is 123 Å². The van der Waals surface area contributed by atoms with Crippen molar-refractivity contribution in [3.05, 3.63) is 106 Å². The van der Waals surface area contributed by atoms with E-state index in [1.807, 2.05) is 45.3 Å². The molecule has 23 heteroatoms. The zero-order valence-electron chi connectivity index (χ0n) is 46.2. The molecule has 3 aromatic carbocycles. The molecule has 81 heavy (non-hydrogen) atoms. The van der Waals surface area contributed by atoms with Gasteiger partial charge in [-0.25, -0.2) is 15.1 Å². The first-order valence-electron chi connectivity index (χ1n) is 26.8. The van der Waals surface area contributed by atoms with Crippen molar-refractivity contribution < 1.29 is 67.2 Å². The lowest BCUT2D eigenvalue weighted by molar-refractivity contribution is -0.137. The maximum atomic E-state index is 14.2. The summed E-state index contributed by atoms with van der Waals surface area (Å²) in [5.41, 5.74) is 10.9. The first-order valence-corrected chi connectivity index (χ1v) is 26.8. The third-order valence-electron chi connectivity index (χ3n) is 14.3. The first kappa shape index (κ1) is 58.4. The van der Waals surface area contributed by atoms with E-state index in [9.17, 15) is 48.3 Å². The number of anilines is 2. The zero-order valence-corrected chi connectivity index (χ0v) is 46.2. The maximum Gasteiger partial charge on any atom is 0.416 e. The van der Waals surface area contributed by atoms with Gasteiger partial charge in [-0.05, 0) is 101 Å². The van der Waals surface area contributed by atoms with E-state index in [-0.39, 0.29) is 60.9 Å². The molecule has 0 bridgehead atoms. The van der Waals surface area contributed by atoms with E-state index in [2.05, 4.69) is 26.5 Å². The largest absolute Gasteiger partial charge is 0.493 e. The number of rotatable bonds is 23. The van der Waals surface area contributed by atoms with E-state index < -0.39 is 84.0 Å². The molecule has 1 unspecified atom stereocenters. The van der Waals surface area contributed by atoms with Crippen molar-refractivity contribution in [3.8, 4) is 17.2 Å². The number of hydrazine groups is 1. The molecule has 0 saturated carbocycles. The number of imide groups is 2. The monoisotopic (exact) mass is 1110 g/mol. The topological polar surface area (TPSA) is 284 Å². The minimum Gasteiger partial charge on any atom is -0.493 e. The molecule has 5 aliphatic rings. The van der Waals surface area contributed by atoms with Gasteiger partial charge in [0.2, 0.25) is 17.7 Å². The second kappa shape index (κ2) is 25.6. The van der Waals surface area contributed by atoms with E-state index in [4.69, 9.17) is 18.9 Å². The molecular formula is C58H67N9O14. The number of aliphatic imine (C=N–C) groups is 1. The van der Waals surface area contributed by atoms with Crippen molar-refractivity contribution >= 4 is 76.5 Å². The zero-order chi connectivity index (χ0) is 58.2. The molecule has 5 heterocycles. The molecule has 3 aromatic rings. The highest BCUT2D eigenvalue weighted by Gasteiger charge is 2.45. The second-order valence-electron chi connectivity index (χ2n) is 20.9. The number of methoxy groups -OCH3 is 1. The van der Waals surface area contributed by atoms with E-state index >= 15 is 0 Å². The summed E-state index contributed by atoms with van der Waals surface area (Å²) >= 11 is 0. The molecule has 8 rings (SSSR count). The molecule has 0 radical (unpaired) electrons. The molecule has 0 spiro atoms. The number of carbonyl (C=O) groups is 9. The third-order valence-corrected chi connectivity index (χ3v) is 14.3. The van der Waals surface area contributed by atoms with E-state index in [0.717, 1.165) is 51.5 Å². The van der Waals surface area contributed by atoms with Crippen LogP contribution in [-0.4, -0.2) is 137 Å². The van der Waals surface area contributed by atoms with Crippen LogP contribution in [0.1, 0.15) is 111 Å². The number of fused-ring (bicyclic) bond motifs is 4. The maximum absolute atomic E-state index is 14.2. The smallest absolute Gasteiger partial charge is 0.416 e. The Morgan fingerprint density at radius 2 is 1.44 bits per heavy atom. The SMILES string of the molecule is COc1cc2c(cc1OCCCCCOc1cc3c(cc1C)C(=O)N1C=C(C)C[C@H]1C=N3)N(C(=O)OCc1ccc(NNC(C)C(=O)N[C@H](C(=O)NC(=O)CC(=O)CCN3C(=O)C=CC3=O)C(C)C)cc1)[C@@H](O)[C@@H]1CC(C)=CN1C2=O. The van der Waals surface area contributed by atoms with Gasteiger partial charge >= 0.3 is 6.09 Å². The number of nitrogens with one attached hydrogen (secondary N) is 4. The molecule has 0 fully saturated rings. The number of ether oxygens (including phenoxy) is 4. The van der Waals surface area contributed by atoms with Crippen LogP contribution in [0.15, 0.2) is 89.2 Å². The number of amides is 8. The predicted molar refractivity (Wildman–Crippen MR) is 295 cm³/mol. The average Bonchev–Trinajstić information content (AvgIpc) is 4.21. The highest BCUT2D eigenvalue weighted by Crippen LogP contribution is 2.42. The van der Waals surface area contributed by atoms with Crippen LogP contribution in [0.5, 0.6) is 17.2 Å². The number of aliphatic hydroxyl groups is 1. The number of benzene rings is 3. The molecular weight excluding hydrogens is 1050 g/mol. The summed E-state index contributed by atoms with van der Waals surface area (Å²) in [6.07, 6.45) is 7.27. The molecule has 5 atom stereocenters. The van der Waals surface area contributed by atoms with E-state index in [1.54, 1.807) is 49.2 Å². The summed E-state index contributed by atoms with van der Waals surface area (Å²) in [5, 5.41) is 16.7. The number of unbranched alkanes of at least 4 members (excludes halogenated alkanes) is 2. The lowest BCUT2D eigenvalue weighted by Crippen LogP contribution is -2.55. The number of ketones is 1. The van der Waals surface area contributed by atoms with Crippen LogP contribution in [-0.2, 0) is 40.1 Å². The third kappa shape index (κ3) is 13.7. The summed E-state index contributed by atoms with van der Waals surface area (Å²) in [4.78, 5) is 126. The van der Waals surface area contributed by atoms with Gasteiger partial charge in [-0.3, -0.25) is 53.6 Å².